The van der Waals surface area contributed by atoms with Gasteiger partial charge in [-0.3, -0.25) is 14.6 Å². The van der Waals surface area contributed by atoms with Crippen LogP contribution in [-0.2, 0) is 7.05 Å². The summed E-state index contributed by atoms with van der Waals surface area (Å²) in [5, 5.41) is 24.3. The molecule has 4 heterocycles. The summed E-state index contributed by atoms with van der Waals surface area (Å²) in [5.74, 6) is -0.535. The standard InChI is InChI=1S/C24H20N10O/c1-13(17-5-3-4-16(11-25)29-17)28-24(35)22-23(26)31-21(19-8-9-34(2)33-19)20(30-22)14-6-7-18-15(10-14)12-27-32-18/h3-10,12-13H,1-2H3,(H2,26,31)(H,27,32)(H,28,35)/t13-/m0/s1. The molecule has 0 aliphatic carbocycles. The van der Waals surface area contributed by atoms with E-state index < -0.39 is 11.9 Å². The minimum atomic E-state index is -0.509. The van der Waals surface area contributed by atoms with Crippen molar-refractivity contribution in [3.63, 3.8) is 0 Å². The topological polar surface area (TPSA) is 164 Å². The molecule has 172 valence electrons. The third kappa shape index (κ3) is 4.16. The first-order valence-corrected chi connectivity index (χ1v) is 10.7. The number of pyridine rings is 1. The van der Waals surface area contributed by atoms with Crippen LogP contribution < -0.4 is 11.1 Å². The van der Waals surface area contributed by atoms with Crippen molar-refractivity contribution < 1.29 is 4.79 Å². The Bertz CT molecular complexity index is 1610. The largest absolute Gasteiger partial charge is 0.382 e. The molecule has 11 heteroatoms. The molecule has 0 spiro atoms. The Kier molecular flexibility index (Phi) is 5.39. The van der Waals surface area contributed by atoms with Crippen molar-refractivity contribution in [2.24, 2.45) is 7.05 Å². The number of H-pyrrole nitrogens is 1. The first-order valence-electron chi connectivity index (χ1n) is 10.7. The fraction of sp³-hybridized carbons (Fsp3) is 0.125. The maximum absolute atomic E-state index is 13.2. The number of anilines is 1. The molecule has 0 radical (unpaired) electrons. The number of amides is 1. The van der Waals surface area contributed by atoms with Gasteiger partial charge in [0, 0.05) is 24.2 Å². The van der Waals surface area contributed by atoms with E-state index in [-0.39, 0.29) is 17.2 Å². The summed E-state index contributed by atoms with van der Waals surface area (Å²) in [5.41, 5.74) is 10.1. The number of carbonyl (C=O) groups excluding carboxylic acids is 1. The molecule has 1 atom stereocenters. The molecule has 0 unspecified atom stereocenters. The van der Waals surface area contributed by atoms with E-state index in [1.54, 1.807) is 55.3 Å². The molecule has 1 amide bonds. The molecular formula is C24H20N10O. The van der Waals surface area contributed by atoms with Crippen LogP contribution in [0.15, 0.2) is 54.9 Å². The van der Waals surface area contributed by atoms with Gasteiger partial charge in [-0.2, -0.15) is 15.5 Å². The number of hydrogen-bond acceptors (Lipinski definition) is 8. The van der Waals surface area contributed by atoms with Gasteiger partial charge < -0.3 is 11.1 Å². The fourth-order valence-corrected chi connectivity index (χ4v) is 3.72. The van der Waals surface area contributed by atoms with Crippen molar-refractivity contribution in [2.75, 3.05) is 5.73 Å². The summed E-state index contributed by atoms with van der Waals surface area (Å²) in [6.45, 7) is 1.76. The number of aromatic nitrogens is 7. The lowest BCUT2D eigenvalue weighted by Crippen LogP contribution is -2.29. The molecule has 0 saturated heterocycles. The highest BCUT2D eigenvalue weighted by atomic mass is 16.2. The van der Waals surface area contributed by atoms with Crippen molar-refractivity contribution in [1.82, 2.24) is 40.2 Å². The van der Waals surface area contributed by atoms with E-state index in [9.17, 15) is 4.79 Å². The van der Waals surface area contributed by atoms with Gasteiger partial charge in [0.2, 0.25) is 0 Å². The van der Waals surface area contributed by atoms with E-state index in [4.69, 9.17) is 11.0 Å². The number of rotatable bonds is 5. The van der Waals surface area contributed by atoms with Crippen LogP contribution in [0.3, 0.4) is 0 Å². The summed E-state index contributed by atoms with van der Waals surface area (Å²) in [4.78, 5) is 26.6. The minimum Gasteiger partial charge on any atom is -0.382 e. The molecule has 1 aromatic carbocycles. The summed E-state index contributed by atoms with van der Waals surface area (Å²) in [6, 6.07) is 14.0. The van der Waals surface area contributed by atoms with Crippen LogP contribution in [-0.4, -0.2) is 40.8 Å². The maximum atomic E-state index is 13.2. The number of carbonyl (C=O) groups is 1. The van der Waals surface area contributed by atoms with Gasteiger partial charge in [-0.1, -0.05) is 12.1 Å². The van der Waals surface area contributed by atoms with Gasteiger partial charge in [0.1, 0.15) is 23.2 Å². The molecule has 0 saturated carbocycles. The molecule has 11 nitrogen and oxygen atoms in total. The van der Waals surface area contributed by atoms with E-state index in [1.165, 1.54) is 0 Å². The Labute approximate surface area is 199 Å². The number of aryl methyl sites for hydroxylation is 1. The summed E-state index contributed by atoms with van der Waals surface area (Å²) < 4.78 is 1.65. The normalized spacial score (nSPS) is 11.8. The Hall–Kier alpha value is -5.11. The zero-order chi connectivity index (χ0) is 24.5. The molecule has 0 aliphatic heterocycles. The molecular weight excluding hydrogens is 444 g/mol. The Morgan fingerprint density at radius 1 is 1.17 bits per heavy atom. The van der Waals surface area contributed by atoms with Crippen LogP contribution in [0.5, 0.6) is 0 Å². The van der Waals surface area contributed by atoms with Crippen molar-refractivity contribution in [3.05, 3.63) is 71.9 Å². The molecule has 5 rings (SSSR count). The smallest absolute Gasteiger partial charge is 0.274 e. The van der Waals surface area contributed by atoms with E-state index in [0.29, 0.717) is 22.8 Å². The average molecular weight is 464 g/mol. The second-order valence-electron chi connectivity index (χ2n) is 7.96. The lowest BCUT2D eigenvalue weighted by Gasteiger charge is -2.15. The van der Waals surface area contributed by atoms with Crippen LogP contribution in [0.1, 0.15) is 34.8 Å². The predicted octanol–water partition coefficient (Wildman–Crippen LogP) is 2.76. The van der Waals surface area contributed by atoms with Crippen LogP contribution in [0.4, 0.5) is 5.82 Å². The van der Waals surface area contributed by atoms with Gasteiger partial charge in [-0.15, -0.1) is 0 Å². The number of aromatic amines is 1. The molecule has 5 aromatic rings. The fourth-order valence-electron chi connectivity index (χ4n) is 3.72. The van der Waals surface area contributed by atoms with Gasteiger partial charge in [-0.25, -0.2) is 15.0 Å². The van der Waals surface area contributed by atoms with Gasteiger partial charge in [0.15, 0.2) is 11.5 Å². The molecule has 0 bridgehead atoms. The van der Waals surface area contributed by atoms with Crippen molar-refractivity contribution in [1.29, 1.82) is 5.26 Å². The number of nitriles is 1. The second kappa shape index (κ2) is 8.68. The highest BCUT2D eigenvalue weighted by Crippen LogP contribution is 2.31. The first-order chi connectivity index (χ1) is 16.9. The SMILES string of the molecule is C[C@H](NC(=O)c1nc(-c2ccc3[nH]ncc3c2)c(-c2ccn(C)n2)nc1N)c1cccc(C#N)n1. The van der Waals surface area contributed by atoms with Crippen LogP contribution >= 0.6 is 0 Å². The third-order valence-corrected chi connectivity index (χ3v) is 5.48. The van der Waals surface area contributed by atoms with Crippen molar-refractivity contribution in [2.45, 2.75) is 13.0 Å². The summed E-state index contributed by atoms with van der Waals surface area (Å²) in [7, 11) is 1.80. The quantitative estimate of drug-likeness (QED) is 0.357. The minimum absolute atomic E-state index is 0.0183. The zero-order valence-corrected chi connectivity index (χ0v) is 18.9. The van der Waals surface area contributed by atoms with Gasteiger partial charge >= 0.3 is 0 Å². The second-order valence-corrected chi connectivity index (χ2v) is 7.96. The van der Waals surface area contributed by atoms with E-state index in [2.05, 4.69) is 35.6 Å². The molecule has 4 N–H and O–H groups in total. The lowest BCUT2D eigenvalue weighted by atomic mass is 10.1. The monoisotopic (exact) mass is 464 g/mol. The number of nitrogens with zero attached hydrogens (tertiary/aromatic N) is 7. The number of benzene rings is 1. The Morgan fingerprint density at radius 2 is 2.03 bits per heavy atom. The highest BCUT2D eigenvalue weighted by molar-refractivity contribution is 5.98. The predicted molar refractivity (Wildman–Crippen MR) is 129 cm³/mol. The van der Waals surface area contributed by atoms with Gasteiger partial charge in [0.25, 0.3) is 5.91 Å². The van der Waals surface area contributed by atoms with Crippen molar-refractivity contribution in [3.8, 4) is 28.7 Å². The lowest BCUT2D eigenvalue weighted by molar-refractivity contribution is 0.0935. The third-order valence-electron chi connectivity index (χ3n) is 5.48. The Balaban J connectivity index is 1.57. The van der Waals surface area contributed by atoms with Crippen LogP contribution in [0.2, 0.25) is 0 Å². The number of nitrogens with one attached hydrogen (secondary N) is 2. The molecule has 0 aliphatic rings. The molecule has 35 heavy (non-hydrogen) atoms. The molecule has 0 fully saturated rings. The number of hydrogen-bond donors (Lipinski definition) is 3. The van der Waals surface area contributed by atoms with Gasteiger partial charge in [0.05, 0.1) is 29.1 Å². The van der Waals surface area contributed by atoms with E-state index in [1.807, 2.05) is 24.3 Å². The first kappa shape index (κ1) is 21.7. The highest BCUT2D eigenvalue weighted by Gasteiger charge is 2.23. The summed E-state index contributed by atoms with van der Waals surface area (Å²) in [6.07, 6.45) is 3.50. The molecule has 4 aromatic heterocycles. The van der Waals surface area contributed by atoms with Gasteiger partial charge in [-0.05, 0) is 37.3 Å². The van der Waals surface area contributed by atoms with Crippen LogP contribution in [0.25, 0.3) is 33.5 Å². The van der Waals surface area contributed by atoms with E-state index in [0.717, 1.165) is 16.5 Å². The van der Waals surface area contributed by atoms with Crippen LogP contribution in [0, 0.1) is 11.3 Å². The average Bonchev–Trinajstić information content (AvgIpc) is 3.52. The van der Waals surface area contributed by atoms with Crippen molar-refractivity contribution >= 4 is 22.6 Å². The summed E-state index contributed by atoms with van der Waals surface area (Å²) >= 11 is 0. The van der Waals surface area contributed by atoms with E-state index >= 15 is 0 Å². The maximum Gasteiger partial charge on any atom is 0.274 e. The Morgan fingerprint density at radius 3 is 2.80 bits per heavy atom. The number of fused-ring (bicyclic) bond motifs is 1. The number of nitrogen functional groups attached to an aromatic ring is 1. The number of nitrogens with two attached hydrogens (primary N) is 1. The zero-order valence-electron chi connectivity index (χ0n) is 18.9.